The Kier molecular flexibility index (Phi) is 5.34. The zero-order valence-electron chi connectivity index (χ0n) is 26.6. The molecule has 0 bridgehead atoms. The number of hydrogen-bond acceptors (Lipinski definition) is 2. The van der Waals surface area contributed by atoms with E-state index < -0.39 is 5.41 Å². The number of fused-ring (bicyclic) bond motifs is 14. The highest BCUT2D eigenvalue weighted by Gasteiger charge is 2.55. The summed E-state index contributed by atoms with van der Waals surface area (Å²) in [6, 6.07) is 64.1. The lowest BCUT2D eigenvalue weighted by atomic mass is 9.73. The molecule has 8 aromatic carbocycles. The van der Waals surface area contributed by atoms with Crippen molar-refractivity contribution in [2.75, 3.05) is 4.90 Å². The highest BCUT2D eigenvalue weighted by atomic mass is 16.3. The summed E-state index contributed by atoms with van der Waals surface area (Å²) < 4.78 is 7.00. The maximum atomic E-state index is 7.00. The third-order valence-electron chi connectivity index (χ3n) is 10.8. The van der Waals surface area contributed by atoms with E-state index in [2.05, 4.69) is 181 Å². The summed E-state index contributed by atoms with van der Waals surface area (Å²) >= 11 is 0. The first-order valence-corrected chi connectivity index (χ1v) is 16.9. The lowest BCUT2D eigenvalue weighted by molar-refractivity contribution is 0.507. The Hall–Kier alpha value is -6.38. The second-order valence-electron chi connectivity index (χ2n) is 13.3. The molecule has 1 aromatic heterocycles. The molecule has 1 spiro atoms. The molecule has 2 heteroatoms. The molecule has 0 fully saturated rings. The van der Waals surface area contributed by atoms with Gasteiger partial charge in [-0.3, -0.25) is 0 Å². The van der Waals surface area contributed by atoms with Gasteiger partial charge >= 0.3 is 0 Å². The number of hydrogen-bond donors (Lipinski definition) is 0. The van der Waals surface area contributed by atoms with Crippen LogP contribution in [0, 0.1) is 0 Å². The first kappa shape index (κ1) is 26.7. The minimum absolute atomic E-state index is 0.578. The van der Waals surface area contributed by atoms with Crippen molar-refractivity contribution >= 4 is 49.6 Å². The Balaban J connectivity index is 1.23. The van der Waals surface area contributed by atoms with Gasteiger partial charge in [0.25, 0.3) is 0 Å². The average Bonchev–Trinajstić information content (AvgIpc) is 3.78. The molecule has 1 heterocycles. The van der Waals surface area contributed by atoms with Crippen molar-refractivity contribution in [1.29, 1.82) is 0 Å². The second kappa shape index (κ2) is 9.82. The molecule has 9 aromatic rings. The Labute approximate surface area is 284 Å². The Morgan fingerprint density at radius 2 is 0.898 bits per heavy atom. The van der Waals surface area contributed by atoms with Crippen LogP contribution in [-0.2, 0) is 5.41 Å². The number of anilines is 3. The lowest BCUT2D eigenvalue weighted by Gasteiger charge is -2.31. The van der Waals surface area contributed by atoms with E-state index in [1.807, 2.05) is 0 Å². The van der Waals surface area contributed by atoms with Gasteiger partial charge < -0.3 is 9.32 Å². The fourth-order valence-corrected chi connectivity index (χ4v) is 8.75. The van der Waals surface area contributed by atoms with E-state index >= 15 is 0 Å². The van der Waals surface area contributed by atoms with Crippen molar-refractivity contribution in [3.05, 3.63) is 198 Å². The van der Waals surface area contributed by atoms with Gasteiger partial charge in [0, 0.05) is 28.0 Å². The average molecular weight is 624 g/mol. The fraction of sp³-hybridized carbons (Fsp3) is 0.0213. The van der Waals surface area contributed by atoms with Crippen molar-refractivity contribution < 1.29 is 4.42 Å². The molecule has 0 N–H and O–H groups in total. The number of rotatable bonds is 3. The summed E-state index contributed by atoms with van der Waals surface area (Å²) in [5.74, 6) is 1.02. The molecule has 0 amide bonds. The molecular weight excluding hydrogens is 595 g/mol. The van der Waals surface area contributed by atoms with Crippen LogP contribution < -0.4 is 4.90 Å². The first-order chi connectivity index (χ1) is 24.3. The van der Waals surface area contributed by atoms with E-state index in [0.29, 0.717) is 0 Å². The van der Waals surface area contributed by atoms with Crippen LogP contribution >= 0.6 is 0 Å². The highest BCUT2D eigenvalue weighted by Crippen LogP contribution is 2.65. The van der Waals surface area contributed by atoms with Gasteiger partial charge in [-0.1, -0.05) is 133 Å². The quantitative estimate of drug-likeness (QED) is 0.195. The van der Waals surface area contributed by atoms with Crippen LogP contribution in [0.2, 0.25) is 0 Å². The van der Waals surface area contributed by atoms with Crippen LogP contribution in [0.3, 0.4) is 0 Å². The van der Waals surface area contributed by atoms with Gasteiger partial charge in [0.2, 0.25) is 0 Å². The SMILES string of the molecule is c1ccc2c(c1)-c1ccccc1C21c2cc(N(c3ccc4ccccc4c3)c3ccc4ccccc4c3)ccc2-c2c1oc1ccccc21. The van der Waals surface area contributed by atoms with E-state index in [1.165, 1.54) is 60.5 Å². The summed E-state index contributed by atoms with van der Waals surface area (Å²) in [5.41, 5.74) is 12.5. The predicted molar refractivity (Wildman–Crippen MR) is 202 cm³/mol. The number of furan rings is 1. The molecule has 0 atom stereocenters. The fourth-order valence-electron chi connectivity index (χ4n) is 8.75. The van der Waals surface area contributed by atoms with E-state index in [1.54, 1.807) is 0 Å². The lowest BCUT2D eigenvalue weighted by Crippen LogP contribution is -2.26. The van der Waals surface area contributed by atoms with Crippen molar-refractivity contribution in [3.8, 4) is 22.3 Å². The molecule has 0 saturated carbocycles. The maximum Gasteiger partial charge on any atom is 0.135 e. The predicted octanol–water partition coefficient (Wildman–Crippen LogP) is 12.6. The number of nitrogens with zero attached hydrogens (tertiary/aromatic N) is 1. The van der Waals surface area contributed by atoms with Crippen molar-refractivity contribution in [2.24, 2.45) is 0 Å². The molecule has 11 rings (SSSR count). The second-order valence-corrected chi connectivity index (χ2v) is 13.3. The third kappa shape index (κ3) is 3.55. The van der Waals surface area contributed by atoms with Crippen LogP contribution in [-0.4, -0.2) is 0 Å². The monoisotopic (exact) mass is 623 g/mol. The normalized spacial score (nSPS) is 13.5. The zero-order chi connectivity index (χ0) is 32.1. The summed E-state index contributed by atoms with van der Waals surface area (Å²) in [6.45, 7) is 0. The highest BCUT2D eigenvalue weighted by molar-refractivity contribution is 6.05. The molecule has 2 aliphatic rings. The smallest absolute Gasteiger partial charge is 0.135 e. The molecule has 0 aliphatic heterocycles. The van der Waals surface area contributed by atoms with Crippen LogP contribution in [0.4, 0.5) is 17.1 Å². The maximum absolute atomic E-state index is 7.00. The van der Waals surface area contributed by atoms with Crippen molar-refractivity contribution in [3.63, 3.8) is 0 Å². The molecule has 228 valence electrons. The minimum atomic E-state index is -0.578. The summed E-state index contributed by atoms with van der Waals surface area (Å²) in [5, 5.41) is 6.05. The standard InChI is InChI=1S/C47H29NO/c1-3-13-32-27-34(23-21-30(32)11-1)48(35-24-22-31-12-2-4-14-33(31)28-35)36-25-26-39-43(29-36)47(46-45(39)40-17-7-10-20-44(40)49-46)41-18-8-5-15-37(41)38-16-6-9-19-42(38)47/h1-29H. The van der Waals surface area contributed by atoms with E-state index in [4.69, 9.17) is 4.42 Å². The molecule has 2 nitrogen and oxygen atoms in total. The van der Waals surface area contributed by atoms with Gasteiger partial charge in [-0.05, 0) is 97.4 Å². The molecule has 2 aliphatic carbocycles. The van der Waals surface area contributed by atoms with Crippen molar-refractivity contribution in [1.82, 2.24) is 0 Å². The topological polar surface area (TPSA) is 16.4 Å². The van der Waals surface area contributed by atoms with Crippen LogP contribution in [0.1, 0.15) is 22.5 Å². The van der Waals surface area contributed by atoms with Crippen molar-refractivity contribution in [2.45, 2.75) is 5.41 Å². The zero-order valence-corrected chi connectivity index (χ0v) is 26.6. The van der Waals surface area contributed by atoms with Crippen LogP contribution in [0.5, 0.6) is 0 Å². The van der Waals surface area contributed by atoms with E-state index in [9.17, 15) is 0 Å². The van der Waals surface area contributed by atoms with Gasteiger partial charge in [0.15, 0.2) is 0 Å². The van der Waals surface area contributed by atoms with Gasteiger partial charge in [0.05, 0.1) is 0 Å². The molecular formula is C47H29NO. The van der Waals surface area contributed by atoms with Crippen LogP contribution in [0.25, 0.3) is 54.8 Å². The molecule has 49 heavy (non-hydrogen) atoms. The summed E-state index contributed by atoms with van der Waals surface area (Å²) in [7, 11) is 0. The van der Waals surface area contributed by atoms with Gasteiger partial charge in [-0.25, -0.2) is 0 Å². The number of para-hydroxylation sites is 1. The molecule has 0 unspecified atom stereocenters. The van der Waals surface area contributed by atoms with E-state index in [0.717, 1.165) is 33.8 Å². The minimum Gasteiger partial charge on any atom is -0.459 e. The van der Waals surface area contributed by atoms with Gasteiger partial charge in [-0.15, -0.1) is 0 Å². The number of benzene rings is 8. The van der Waals surface area contributed by atoms with E-state index in [-0.39, 0.29) is 0 Å². The Morgan fingerprint density at radius 1 is 0.388 bits per heavy atom. The van der Waals surface area contributed by atoms with Gasteiger partial charge in [0.1, 0.15) is 16.8 Å². The molecule has 0 saturated heterocycles. The Bertz CT molecular complexity index is 2680. The largest absolute Gasteiger partial charge is 0.459 e. The first-order valence-electron chi connectivity index (χ1n) is 16.9. The van der Waals surface area contributed by atoms with Gasteiger partial charge in [-0.2, -0.15) is 0 Å². The summed E-state index contributed by atoms with van der Waals surface area (Å²) in [6.07, 6.45) is 0. The third-order valence-corrected chi connectivity index (χ3v) is 10.8. The molecule has 0 radical (unpaired) electrons. The van der Waals surface area contributed by atoms with Crippen LogP contribution in [0.15, 0.2) is 180 Å². The summed E-state index contributed by atoms with van der Waals surface area (Å²) in [4.78, 5) is 2.41. The Morgan fingerprint density at radius 3 is 1.55 bits per heavy atom.